The van der Waals surface area contributed by atoms with Crippen molar-refractivity contribution in [2.75, 3.05) is 95.5 Å². The average Bonchev–Trinajstić information content (AvgIpc) is 1.63. The molecule has 658 valence electrons. The highest BCUT2D eigenvalue weighted by Crippen LogP contribution is 2.44. The zero-order valence-corrected chi connectivity index (χ0v) is 69.5. The van der Waals surface area contributed by atoms with E-state index >= 15 is 0 Å². The molecule has 0 amide bonds. The summed E-state index contributed by atoms with van der Waals surface area (Å²) in [5, 5.41) is 159. The largest absolute Gasteiger partial charge is 0.508 e. The predicted octanol–water partition coefficient (Wildman–Crippen LogP) is 11.1. The molecule has 0 aromatic heterocycles. The first kappa shape index (κ1) is 94.7. The molecule has 3 aliphatic rings. The molecule has 27 heteroatoms. The van der Waals surface area contributed by atoms with Gasteiger partial charge in [0.1, 0.15) is 28.7 Å². The SMILES string of the molecule is COc1cc(C(O)C2COCC2C(O)c2ccc(O)c(OC)c2)ccc1O.COc1cc(CC2COC(=O)C2(O)Cc2ccc(O)c(OC)c2)ccc1O.COc1cccc(CC(CO)C(CO)Cc2ccc(O)c(OC)c2)c1.O=C1OCC(Cc2cccc(O)c2)C1Cc1cccc(O)c1.OCC(Cc1cccc(O)c1)C(CO)Cc1cccc(O)c1. The van der Waals surface area contributed by atoms with E-state index in [4.69, 9.17) is 42.6 Å². The highest BCUT2D eigenvalue weighted by atomic mass is 16.6. The van der Waals surface area contributed by atoms with Crippen LogP contribution in [-0.4, -0.2) is 195 Å². The summed E-state index contributed by atoms with van der Waals surface area (Å²) in [6.07, 6.45) is 2.22. The summed E-state index contributed by atoms with van der Waals surface area (Å²) in [4.78, 5) is 24.3. The van der Waals surface area contributed by atoms with Crippen LogP contribution in [-0.2, 0) is 75.2 Å². The highest BCUT2D eigenvalue weighted by molar-refractivity contribution is 5.82. The Morgan fingerprint density at radius 1 is 0.358 bits per heavy atom. The highest BCUT2D eigenvalue weighted by Gasteiger charge is 2.51. The molecule has 3 fully saturated rings. The fraction of sp³-hybridized carbons (Fsp3) is 0.354. The quantitative estimate of drug-likeness (QED) is 0.0174. The van der Waals surface area contributed by atoms with Gasteiger partial charge in [-0.15, -0.1) is 0 Å². The molecule has 3 heterocycles. The van der Waals surface area contributed by atoms with Crippen molar-refractivity contribution in [3.8, 4) is 86.2 Å². The molecule has 27 nitrogen and oxygen atoms in total. The molecule has 13 rings (SSSR count). The molecule has 3 aliphatic heterocycles. The van der Waals surface area contributed by atoms with E-state index in [0.717, 1.165) is 44.7 Å². The van der Waals surface area contributed by atoms with Crippen molar-refractivity contribution in [3.63, 3.8) is 0 Å². The van der Waals surface area contributed by atoms with E-state index in [0.29, 0.717) is 93.0 Å². The lowest BCUT2D eigenvalue weighted by Gasteiger charge is -2.27. The first-order chi connectivity index (χ1) is 59.2. The van der Waals surface area contributed by atoms with Gasteiger partial charge < -0.3 is 124 Å². The molecule has 3 saturated heterocycles. The number of methoxy groups -OCH3 is 6. The van der Waals surface area contributed by atoms with E-state index in [1.165, 1.54) is 59.8 Å². The van der Waals surface area contributed by atoms with E-state index in [1.807, 2.05) is 48.5 Å². The minimum atomic E-state index is -1.70. The summed E-state index contributed by atoms with van der Waals surface area (Å²) in [7, 11) is 8.89. The maximum Gasteiger partial charge on any atom is 0.338 e. The number of carbonyl (C=O) groups is 2. The summed E-state index contributed by atoms with van der Waals surface area (Å²) in [5.74, 6) is 0.596. The minimum Gasteiger partial charge on any atom is -0.508 e. The minimum absolute atomic E-state index is 0.0103. The van der Waals surface area contributed by atoms with E-state index < -0.39 is 29.7 Å². The molecule has 10 aromatic rings. The van der Waals surface area contributed by atoms with Gasteiger partial charge in [-0.3, -0.25) is 4.79 Å². The van der Waals surface area contributed by atoms with Crippen molar-refractivity contribution in [2.45, 2.75) is 69.2 Å². The van der Waals surface area contributed by atoms with Crippen LogP contribution in [0.25, 0.3) is 0 Å². The Kier molecular flexibility index (Phi) is 35.5. The molecule has 0 aliphatic carbocycles. The number of hydrogen-bond acceptors (Lipinski definition) is 27. The Morgan fingerprint density at radius 2 is 0.699 bits per heavy atom. The molecule has 0 bridgehead atoms. The fourth-order valence-corrected chi connectivity index (χ4v) is 15.5. The number of esters is 2. The number of aromatic hydroxyl groups is 9. The van der Waals surface area contributed by atoms with Crippen molar-refractivity contribution in [1.82, 2.24) is 0 Å². The van der Waals surface area contributed by atoms with Crippen molar-refractivity contribution < 1.29 is 134 Å². The van der Waals surface area contributed by atoms with Crippen LogP contribution in [0.5, 0.6) is 86.2 Å². The molecule has 12 unspecified atom stereocenters. The van der Waals surface area contributed by atoms with Gasteiger partial charge in [-0.05, 0) is 246 Å². The van der Waals surface area contributed by atoms with Crippen LogP contribution in [0, 0.1) is 53.3 Å². The molecular formula is C96H112O27. The zero-order chi connectivity index (χ0) is 88.9. The number of hydrogen-bond donors (Lipinski definition) is 16. The Hall–Kier alpha value is -12.2. The van der Waals surface area contributed by atoms with Gasteiger partial charge in [0.15, 0.2) is 63.1 Å². The van der Waals surface area contributed by atoms with Crippen LogP contribution in [0.15, 0.2) is 212 Å². The standard InChI is InChI=1S/C20H22O7.C20H24O7.C20H26O5.C18H18O4.C18H22O4/c1-25-17-8-12(3-5-15(17)21)7-14-11-27-19(23)20(14,24)10-13-4-6-16(22)18(9-13)26-2;1-25-17-7-11(3-5-15(17)21)19(23)13-9-27-10-14(13)20(24)12-4-6-16(22)18(8-12)26-2;1-24-18-5-3-4-14(10-18)8-16(12-21)17(13-22)9-15-6-7-19(23)20(11-15)25-2;19-15-5-1-3-12(8-15)7-14-11-22-18(21)17(14)10-13-4-2-6-16(20)9-13;19-11-15(7-13-3-1-5-17(21)9-13)16(12-20)8-14-4-2-6-18(22)10-14/h3-6,8-9,14,21-22,24H,7,10-11H2,1-2H3;3-8,13-14,19-24H,9-10H2,1-2H3;3-7,10-11,16-17,21-23H,8-9,12-13H2,1-2H3;1-6,8-9,14,17,19-20H,7,10-11H2;1-6,9-10,15-16,19-22H,7-8,11-12H2. The number of aliphatic hydroxyl groups is 7. The maximum atomic E-state index is 12.3. The van der Waals surface area contributed by atoms with Crippen LogP contribution < -0.4 is 28.4 Å². The predicted molar refractivity (Wildman–Crippen MR) is 456 cm³/mol. The smallest absolute Gasteiger partial charge is 0.338 e. The van der Waals surface area contributed by atoms with Crippen LogP contribution >= 0.6 is 0 Å². The fourth-order valence-electron chi connectivity index (χ4n) is 15.5. The Balaban J connectivity index is 0.000000175. The summed E-state index contributed by atoms with van der Waals surface area (Å²) >= 11 is 0. The lowest BCUT2D eigenvalue weighted by molar-refractivity contribution is -0.154. The first-order valence-corrected chi connectivity index (χ1v) is 40.2. The monoisotopic (exact) mass is 1700 g/mol. The van der Waals surface area contributed by atoms with E-state index in [-0.39, 0.29) is 162 Å². The molecule has 16 N–H and O–H groups in total. The maximum absolute atomic E-state index is 12.3. The van der Waals surface area contributed by atoms with Crippen molar-refractivity contribution in [3.05, 3.63) is 268 Å². The number of benzene rings is 10. The van der Waals surface area contributed by atoms with Crippen molar-refractivity contribution in [1.29, 1.82) is 0 Å². The van der Waals surface area contributed by atoms with Gasteiger partial charge in [0.25, 0.3) is 0 Å². The van der Waals surface area contributed by atoms with Gasteiger partial charge in [0.05, 0.1) is 87.2 Å². The molecule has 12 atom stereocenters. The number of cyclic esters (lactones) is 2. The van der Waals surface area contributed by atoms with Crippen molar-refractivity contribution >= 4 is 11.9 Å². The van der Waals surface area contributed by atoms with E-state index in [1.54, 1.807) is 147 Å². The third-order valence-electron chi connectivity index (χ3n) is 22.5. The number of rotatable bonds is 32. The zero-order valence-electron chi connectivity index (χ0n) is 69.5. The second-order valence-electron chi connectivity index (χ2n) is 30.8. The van der Waals surface area contributed by atoms with Gasteiger partial charge >= 0.3 is 11.9 Å². The molecule has 0 saturated carbocycles. The van der Waals surface area contributed by atoms with Gasteiger partial charge in [0.2, 0.25) is 0 Å². The molecule has 123 heavy (non-hydrogen) atoms. The lowest BCUT2D eigenvalue weighted by atomic mass is 9.81. The third kappa shape index (κ3) is 26.4. The van der Waals surface area contributed by atoms with Gasteiger partial charge in [-0.1, -0.05) is 91.0 Å². The topological polar surface area (TPSA) is 441 Å². The second kappa shape index (κ2) is 46.2. The van der Waals surface area contributed by atoms with Crippen LogP contribution in [0.3, 0.4) is 0 Å². The van der Waals surface area contributed by atoms with Gasteiger partial charge in [0, 0.05) is 56.5 Å². The number of aliphatic hydroxyl groups excluding tert-OH is 6. The number of ether oxygens (including phenoxy) is 9. The second-order valence-corrected chi connectivity index (χ2v) is 30.8. The number of phenolic OH excluding ortho intramolecular Hbond substituents is 9. The van der Waals surface area contributed by atoms with Crippen LogP contribution in [0.4, 0.5) is 0 Å². The summed E-state index contributed by atoms with van der Waals surface area (Å²) in [6.45, 7) is 0.948. The van der Waals surface area contributed by atoms with Crippen LogP contribution in [0.2, 0.25) is 0 Å². The normalized spacial score (nSPS) is 18.4. The molecule has 0 radical (unpaired) electrons. The third-order valence-corrected chi connectivity index (χ3v) is 22.5. The summed E-state index contributed by atoms with van der Waals surface area (Å²) in [6, 6.07) is 59.7. The summed E-state index contributed by atoms with van der Waals surface area (Å²) < 4.78 is 46.7. The Morgan fingerprint density at radius 3 is 1.11 bits per heavy atom. The molecule has 0 spiro atoms. The lowest BCUT2D eigenvalue weighted by Crippen LogP contribution is -2.44. The van der Waals surface area contributed by atoms with Crippen LogP contribution in [0.1, 0.15) is 67.8 Å². The number of phenols is 9. The Labute approximate surface area is 714 Å². The van der Waals surface area contributed by atoms with Gasteiger partial charge in [-0.25, -0.2) is 4.79 Å². The molecular weight excluding hydrogens is 1590 g/mol. The van der Waals surface area contributed by atoms with Crippen molar-refractivity contribution in [2.24, 2.45) is 53.3 Å². The molecule has 10 aromatic carbocycles. The number of carbonyl (C=O) groups excluding carboxylic acids is 2. The van der Waals surface area contributed by atoms with Gasteiger partial charge in [-0.2, -0.15) is 0 Å². The van der Waals surface area contributed by atoms with E-state index in [9.17, 15) is 91.3 Å². The Bertz CT molecular complexity index is 4900. The van der Waals surface area contributed by atoms with E-state index in [2.05, 4.69) is 0 Å². The summed E-state index contributed by atoms with van der Waals surface area (Å²) in [5.41, 5.74) is 6.64. The first-order valence-electron chi connectivity index (χ1n) is 40.2. The average molecular weight is 1700 g/mol.